The van der Waals surface area contributed by atoms with Crippen molar-refractivity contribution in [1.82, 2.24) is 5.32 Å². The highest BCUT2D eigenvalue weighted by atomic mass is 32.2. The number of nitrogens with one attached hydrogen (secondary N) is 2. The van der Waals surface area contributed by atoms with Gasteiger partial charge in [0.25, 0.3) is 5.91 Å². The van der Waals surface area contributed by atoms with Gasteiger partial charge < -0.3 is 15.4 Å². The zero-order valence-corrected chi connectivity index (χ0v) is 22.2. The van der Waals surface area contributed by atoms with E-state index in [-0.39, 0.29) is 11.9 Å². The lowest BCUT2D eigenvalue weighted by molar-refractivity contribution is -0.114. The smallest absolute Gasteiger partial charge is 0.253 e. The van der Waals surface area contributed by atoms with Crippen LogP contribution in [0.25, 0.3) is 0 Å². The Balaban J connectivity index is 1.41. The zero-order valence-electron chi connectivity index (χ0n) is 21.4. The second-order valence-corrected chi connectivity index (χ2v) is 11.3. The van der Waals surface area contributed by atoms with Crippen molar-refractivity contribution in [2.45, 2.75) is 44.8 Å². The summed E-state index contributed by atoms with van der Waals surface area (Å²) in [6.45, 7) is -0.0618. The van der Waals surface area contributed by atoms with Crippen molar-refractivity contribution in [1.29, 1.82) is 0 Å². The van der Waals surface area contributed by atoms with Crippen LogP contribution in [-0.4, -0.2) is 39.1 Å². The Kier molecular flexibility index (Phi) is 9.02. The summed E-state index contributed by atoms with van der Waals surface area (Å²) in [7, 11) is -3.77. The fourth-order valence-electron chi connectivity index (χ4n) is 4.47. The van der Waals surface area contributed by atoms with Gasteiger partial charge in [-0.05, 0) is 54.8 Å². The van der Waals surface area contributed by atoms with E-state index in [1.807, 2.05) is 30.3 Å². The molecular weight excluding hydrogens is 502 g/mol. The molecule has 1 saturated carbocycles. The molecule has 2 amide bonds. The van der Waals surface area contributed by atoms with E-state index in [0.717, 1.165) is 41.8 Å². The highest BCUT2D eigenvalue weighted by Crippen LogP contribution is 2.24. The standard InChI is InChI=1S/C29H33N3O5S/c1-38(35,36)32(24-16-18-25(19-17-24)37-21-22-10-4-2-5-11-22)20-28(33)31-27-15-9-8-14-26(27)29(34)30-23-12-6-3-7-13-23/h2,4-5,8-11,14-19,23H,3,6-7,12-13,20-21H2,1H3,(H,30,34)(H,31,33). The van der Waals surface area contributed by atoms with Gasteiger partial charge in [0, 0.05) is 6.04 Å². The van der Waals surface area contributed by atoms with Crippen LogP contribution in [0, 0.1) is 0 Å². The Hall–Kier alpha value is -3.85. The molecule has 0 atom stereocenters. The molecule has 38 heavy (non-hydrogen) atoms. The second kappa shape index (κ2) is 12.6. The second-order valence-electron chi connectivity index (χ2n) is 9.44. The number of rotatable bonds is 10. The van der Waals surface area contributed by atoms with E-state index in [0.29, 0.717) is 29.3 Å². The van der Waals surface area contributed by atoms with Crippen LogP contribution in [0.15, 0.2) is 78.9 Å². The molecule has 3 aromatic carbocycles. The van der Waals surface area contributed by atoms with Crippen LogP contribution in [0.3, 0.4) is 0 Å². The number of hydrogen-bond donors (Lipinski definition) is 2. The Morgan fingerprint density at radius 2 is 1.55 bits per heavy atom. The molecule has 1 aliphatic rings. The van der Waals surface area contributed by atoms with Crippen molar-refractivity contribution in [3.05, 3.63) is 90.0 Å². The Morgan fingerprint density at radius 1 is 0.895 bits per heavy atom. The van der Waals surface area contributed by atoms with Crippen molar-refractivity contribution < 1.29 is 22.7 Å². The summed E-state index contributed by atoms with van der Waals surface area (Å²) in [5, 5.41) is 5.78. The van der Waals surface area contributed by atoms with E-state index in [4.69, 9.17) is 4.74 Å². The number of benzene rings is 3. The van der Waals surface area contributed by atoms with Gasteiger partial charge in [-0.25, -0.2) is 8.42 Å². The molecule has 2 N–H and O–H groups in total. The molecule has 1 aliphatic carbocycles. The summed E-state index contributed by atoms with van der Waals surface area (Å²) in [5.74, 6) is -0.231. The average molecular weight is 536 g/mol. The summed E-state index contributed by atoms with van der Waals surface area (Å²) >= 11 is 0. The number of amides is 2. The largest absolute Gasteiger partial charge is 0.489 e. The predicted molar refractivity (Wildman–Crippen MR) is 149 cm³/mol. The molecule has 0 aromatic heterocycles. The van der Waals surface area contributed by atoms with Crippen LogP contribution in [0.5, 0.6) is 5.75 Å². The highest BCUT2D eigenvalue weighted by Gasteiger charge is 2.23. The topological polar surface area (TPSA) is 105 Å². The van der Waals surface area contributed by atoms with Gasteiger partial charge in [0.1, 0.15) is 18.9 Å². The lowest BCUT2D eigenvalue weighted by atomic mass is 9.95. The molecule has 0 heterocycles. The van der Waals surface area contributed by atoms with E-state index < -0.39 is 22.5 Å². The Bertz CT molecular complexity index is 1340. The molecule has 0 unspecified atom stereocenters. The third-order valence-electron chi connectivity index (χ3n) is 6.45. The molecule has 0 spiro atoms. The number of anilines is 2. The van der Waals surface area contributed by atoms with Crippen LogP contribution >= 0.6 is 0 Å². The first kappa shape index (κ1) is 27.2. The van der Waals surface area contributed by atoms with Gasteiger partial charge in [-0.1, -0.05) is 61.7 Å². The molecule has 0 saturated heterocycles. The molecule has 0 bridgehead atoms. The van der Waals surface area contributed by atoms with Crippen LogP contribution in [0.2, 0.25) is 0 Å². The lowest BCUT2D eigenvalue weighted by Gasteiger charge is -2.24. The summed E-state index contributed by atoms with van der Waals surface area (Å²) in [5.41, 5.74) is 2.03. The van der Waals surface area contributed by atoms with Gasteiger partial charge in [-0.2, -0.15) is 0 Å². The quantitative estimate of drug-likeness (QED) is 0.391. The molecule has 9 heteroatoms. The van der Waals surface area contributed by atoms with Gasteiger partial charge in [0.05, 0.1) is 23.2 Å². The molecule has 0 aliphatic heterocycles. The first-order valence-corrected chi connectivity index (χ1v) is 14.6. The first-order chi connectivity index (χ1) is 18.3. The number of para-hydroxylation sites is 1. The van der Waals surface area contributed by atoms with Gasteiger partial charge in [0.2, 0.25) is 15.9 Å². The highest BCUT2D eigenvalue weighted by molar-refractivity contribution is 7.92. The molecular formula is C29H33N3O5S. The van der Waals surface area contributed by atoms with Crippen molar-refractivity contribution in [2.75, 3.05) is 22.4 Å². The number of sulfonamides is 1. The van der Waals surface area contributed by atoms with E-state index in [1.54, 1.807) is 48.5 Å². The molecule has 0 radical (unpaired) electrons. The molecule has 3 aromatic rings. The maximum absolute atomic E-state index is 13.0. The van der Waals surface area contributed by atoms with Crippen LogP contribution in [0.4, 0.5) is 11.4 Å². The van der Waals surface area contributed by atoms with E-state index in [1.165, 1.54) is 6.42 Å². The maximum atomic E-state index is 13.0. The van der Waals surface area contributed by atoms with E-state index >= 15 is 0 Å². The fourth-order valence-corrected chi connectivity index (χ4v) is 5.33. The first-order valence-electron chi connectivity index (χ1n) is 12.7. The molecule has 4 rings (SSSR count). The minimum absolute atomic E-state index is 0.125. The number of hydrogen-bond acceptors (Lipinski definition) is 5. The van der Waals surface area contributed by atoms with Crippen molar-refractivity contribution in [3.8, 4) is 5.75 Å². The number of ether oxygens (including phenoxy) is 1. The SMILES string of the molecule is CS(=O)(=O)N(CC(=O)Nc1ccccc1C(=O)NC1CCCCC1)c1ccc(OCc2ccccc2)cc1. The number of nitrogens with zero attached hydrogens (tertiary/aromatic N) is 1. The van der Waals surface area contributed by atoms with E-state index in [9.17, 15) is 18.0 Å². The predicted octanol–water partition coefficient (Wildman–Crippen LogP) is 4.73. The maximum Gasteiger partial charge on any atom is 0.253 e. The third kappa shape index (κ3) is 7.58. The Labute approximate surface area is 224 Å². The normalized spacial score (nSPS) is 13.9. The van der Waals surface area contributed by atoms with Gasteiger partial charge >= 0.3 is 0 Å². The summed E-state index contributed by atoms with van der Waals surface area (Å²) < 4.78 is 31.9. The summed E-state index contributed by atoms with van der Waals surface area (Å²) in [4.78, 5) is 25.9. The molecule has 1 fully saturated rings. The van der Waals surface area contributed by atoms with Crippen molar-refractivity contribution in [2.24, 2.45) is 0 Å². The summed E-state index contributed by atoms with van der Waals surface area (Å²) in [6.07, 6.45) is 6.29. The Morgan fingerprint density at radius 3 is 2.24 bits per heavy atom. The van der Waals surface area contributed by atoms with Crippen molar-refractivity contribution in [3.63, 3.8) is 0 Å². The minimum Gasteiger partial charge on any atom is -0.489 e. The van der Waals surface area contributed by atoms with Gasteiger partial charge in [-0.15, -0.1) is 0 Å². The third-order valence-corrected chi connectivity index (χ3v) is 7.59. The van der Waals surface area contributed by atoms with Crippen LogP contribution < -0.4 is 19.7 Å². The van der Waals surface area contributed by atoms with E-state index in [2.05, 4.69) is 10.6 Å². The zero-order chi connectivity index (χ0) is 27.0. The average Bonchev–Trinajstić information content (AvgIpc) is 2.92. The van der Waals surface area contributed by atoms with Gasteiger partial charge in [0.15, 0.2) is 0 Å². The van der Waals surface area contributed by atoms with Crippen LogP contribution in [0.1, 0.15) is 48.0 Å². The monoisotopic (exact) mass is 535 g/mol. The minimum atomic E-state index is -3.77. The summed E-state index contributed by atoms with van der Waals surface area (Å²) in [6, 6.07) is 23.1. The number of carbonyl (C=O) groups is 2. The van der Waals surface area contributed by atoms with Crippen molar-refractivity contribution >= 4 is 33.2 Å². The van der Waals surface area contributed by atoms with Gasteiger partial charge in [-0.3, -0.25) is 13.9 Å². The molecule has 200 valence electrons. The van der Waals surface area contributed by atoms with Crippen LogP contribution in [-0.2, 0) is 21.4 Å². The molecule has 8 nitrogen and oxygen atoms in total. The fraction of sp³-hybridized carbons (Fsp3) is 0.310. The number of carbonyl (C=O) groups excluding carboxylic acids is 2. The lowest BCUT2D eigenvalue weighted by Crippen LogP contribution is -2.38.